The topological polar surface area (TPSA) is 161 Å². The van der Waals surface area contributed by atoms with Crippen molar-refractivity contribution in [1.29, 1.82) is 0 Å². The molecule has 4 atom stereocenters. The van der Waals surface area contributed by atoms with Crippen LogP contribution in [0.3, 0.4) is 0 Å². The van der Waals surface area contributed by atoms with Gasteiger partial charge >= 0.3 is 0 Å². The van der Waals surface area contributed by atoms with Crippen molar-refractivity contribution in [3.63, 3.8) is 0 Å². The molecule has 0 aliphatic rings. The highest BCUT2D eigenvalue weighted by molar-refractivity contribution is 5.94. The fourth-order valence-corrected chi connectivity index (χ4v) is 5.51. The van der Waals surface area contributed by atoms with Gasteiger partial charge in [0.15, 0.2) is 5.78 Å². The van der Waals surface area contributed by atoms with Gasteiger partial charge in [-0.25, -0.2) is 0 Å². The molecule has 0 bridgehead atoms. The fraction of sp³-hybridized carbons (Fsp3) is 0.778. The van der Waals surface area contributed by atoms with Gasteiger partial charge in [0.05, 0.1) is 12.0 Å². The lowest BCUT2D eigenvalue weighted by molar-refractivity contribution is -0.133. The summed E-state index contributed by atoms with van der Waals surface area (Å²) in [7, 11) is 0. The molecule has 0 spiro atoms. The lowest BCUT2D eigenvalue weighted by atomic mass is 9.89. The Morgan fingerprint density at radius 1 is 0.457 bits per heavy atom. The van der Waals surface area contributed by atoms with E-state index < -0.39 is 23.8 Å². The van der Waals surface area contributed by atoms with Crippen LogP contribution in [0.25, 0.3) is 0 Å². The zero-order chi connectivity index (χ0) is 35.1. The summed E-state index contributed by atoms with van der Waals surface area (Å²) in [5.41, 5.74) is 0. The molecule has 0 heterocycles. The maximum Gasteiger partial charge on any atom is 0.224 e. The van der Waals surface area contributed by atoms with Crippen molar-refractivity contribution in [2.45, 2.75) is 157 Å². The van der Waals surface area contributed by atoms with E-state index >= 15 is 0 Å². The van der Waals surface area contributed by atoms with Crippen LogP contribution in [0.15, 0.2) is 0 Å². The minimum atomic E-state index is -0.830. The molecule has 0 rings (SSSR count). The van der Waals surface area contributed by atoms with Gasteiger partial charge in [0.25, 0.3) is 0 Å². The van der Waals surface area contributed by atoms with Gasteiger partial charge in [0.1, 0.15) is 28.9 Å². The minimum Gasteiger partial charge on any atom is -0.356 e. The molecule has 0 saturated heterocycles. The first kappa shape index (κ1) is 43.0. The third kappa shape index (κ3) is 22.5. The Labute approximate surface area is 276 Å². The van der Waals surface area contributed by atoms with Gasteiger partial charge in [-0.05, 0) is 40.5 Å². The molecule has 2 N–H and O–H groups in total. The van der Waals surface area contributed by atoms with Crippen LogP contribution in [-0.4, -0.2) is 59.1 Å². The second-order valence-electron chi connectivity index (χ2n) is 13.3. The number of hydrogen-bond donors (Lipinski definition) is 2. The number of hydrogen-bond acceptors (Lipinski definition) is 8. The molecule has 262 valence electrons. The monoisotopic (exact) mass is 648 g/mol. The molecule has 10 heteroatoms. The third-order valence-electron chi connectivity index (χ3n) is 8.13. The van der Waals surface area contributed by atoms with E-state index in [1.165, 1.54) is 27.7 Å². The second kappa shape index (κ2) is 25.1. The van der Waals surface area contributed by atoms with E-state index in [1.807, 2.05) is 0 Å². The first-order chi connectivity index (χ1) is 21.6. The molecule has 0 aromatic carbocycles. The van der Waals surface area contributed by atoms with E-state index in [2.05, 4.69) is 10.6 Å². The number of unbranched alkanes of at least 4 members (excludes halogenated alkanes) is 10. The summed E-state index contributed by atoms with van der Waals surface area (Å²) >= 11 is 0. The summed E-state index contributed by atoms with van der Waals surface area (Å²) in [4.78, 5) is 95.9. The Hall–Kier alpha value is -3.04. The number of rotatable bonds is 29. The zero-order valence-electron chi connectivity index (χ0n) is 29.3. The van der Waals surface area contributed by atoms with Gasteiger partial charge in [0, 0.05) is 56.9 Å². The molecule has 10 nitrogen and oxygen atoms in total. The predicted molar refractivity (Wildman–Crippen MR) is 178 cm³/mol. The smallest absolute Gasteiger partial charge is 0.224 e. The Kier molecular flexibility index (Phi) is 23.4. The fourth-order valence-electron chi connectivity index (χ4n) is 5.51. The summed E-state index contributed by atoms with van der Waals surface area (Å²) in [5, 5.41) is 5.54. The van der Waals surface area contributed by atoms with E-state index in [0.29, 0.717) is 19.4 Å². The molecule has 0 unspecified atom stereocenters. The van der Waals surface area contributed by atoms with Crippen molar-refractivity contribution < 1.29 is 38.4 Å². The van der Waals surface area contributed by atoms with Crippen molar-refractivity contribution in [2.75, 3.05) is 6.54 Å². The molecule has 0 aliphatic heterocycles. The van der Waals surface area contributed by atoms with Crippen molar-refractivity contribution >= 4 is 46.5 Å². The van der Waals surface area contributed by atoms with Gasteiger partial charge in [-0.15, -0.1) is 0 Å². The average molecular weight is 649 g/mol. The van der Waals surface area contributed by atoms with Gasteiger partial charge in [-0.3, -0.25) is 24.0 Å². The van der Waals surface area contributed by atoms with Crippen molar-refractivity contribution in [3.8, 4) is 0 Å². The lowest BCUT2D eigenvalue weighted by Crippen LogP contribution is -2.44. The zero-order valence-corrected chi connectivity index (χ0v) is 29.3. The molecule has 0 aromatic heterocycles. The second-order valence-corrected chi connectivity index (χ2v) is 13.3. The summed E-state index contributed by atoms with van der Waals surface area (Å²) in [6.45, 7) is 9.48. The molecule has 46 heavy (non-hydrogen) atoms. The van der Waals surface area contributed by atoms with Crippen LogP contribution >= 0.6 is 0 Å². The first-order valence-electron chi connectivity index (χ1n) is 17.2. The summed E-state index contributed by atoms with van der Waals surface area (Å²) in [6.07, 6.45) is 11.7. The Morgan fingerprint density at radius 2 is 0.891 bits per heavy atom. The van der Waals surface area contributed by atoms with Crippen LogP contribution in [0, 0.1) is 17.8 Å². The molecule has 2 amide bonds. The van der Waals surface area contributed by atoms with Crippen LogP contribution in [0.5, 0.6) is 0 Å². The van der Waals surface area contributed by atoms with Gasteiger partial charge in [-0.1, -0.05) is 71.6 Å². The van der Waals surface area contributed by atoms with Gasteiger partial charge in [0.2, 0.25) is 11.8 Å². The van der Waals surface area contributed by atoms with Crippen LogP contribution in [0.2, 0.25) is 0 Å². The molecule has 0 radical (unpaired) electrons. The quantitative estimate of drug-likeness (QED) is 0.0991. The highest BCUT2D eigenvalue weighted by Crippen LogP contribution is 2.17. The van der Waals surface area contributed by atoms with E-state index in [9.17, 15) is 38.4 Å². The number of Topliss-reactive ketones (excluding diaryl/α,β-unsaturated/α-hetero) is 6. The maximum atomic E-state index is 12.7. The Balaban J connectivity index is 4.07. The minimum absolute atomic E-state index is 0.0210. The maximum absolute atomic E-state index is 12.7. The largest absolute Gasteiger partial charge is 0.356 e. The molecular weight excluding hydrogens is 588 g/mol. The van der Waals surface area contributed by atoms with E-state index in [-0.39, 0.29) is 78.6 Å². The summed E-state index contributed by atoms with van der Waals surface area (Å²) in [5.74, 6) is -3.12. The average Bonchev–Trinajstić information content (AvgIpc) is 2.94. The van der Waals surface area contributed by atoms with Crippen LogP contribution in [0.4, 0.5) is 0 Å². The Morgan fingerprint density at radius 3 is 1.37 bits per heavy atom. The first-order valence-corrected chi connectivity index (χ1v) is 17.2. The normalized spacial score (nSPS) is 13.6. The lowest BCUT2D eigenvalue weighted by Gasteiger charge is -2.19. The number of amides is 2. The van der Waals surface area contributed by atoms with Crippen molar-refractivity contribution in [1.82, 2.24) is 10.6 Å². The molecule has 0 aliphatic carbocycles. The van der Waals surface area contributed by atoms with Crippen molar-refractivity contribution in [2.24, 2.45) is 17.8 Å². The molecule has 0 fully saturated rings. The Bertz CT molecular complexity index is 941. The van der Waals surface area contributed by atoms with Gasteiger partial charge in [-0.2, -0.15) is 0 Å². The molecular formula is C36H60N2O8. The summed E-state index contributed by atoms with van der Waals surface area (Å²) in [6, 6.07) is -0.830. The molecule has 0 saturated carbocycles. The van der Waals surface area contributed by atoms with Crippen LogP contribution < -0.4 is 10.6 Å². The highest BCUT2D eigenvalue weighted by atomic mass is 16.2. The number of carbonyl (C=O) groups is 8. The number of ketones is 6. The van der Waals surface area contributed by atoms with Crippen LogP contribution in [-0.2, 0) is 38.4 Å². The van der Waals surface area contributed by atoms with E-state index in [4.69, 9.17) is 0 Å². The highest BCUT2D eigenvalue weighted by Gasteiger charge is 2.27. The molecule has 0 aromatic rings. The number of carbonyl (C=O) groups excluding carboxylic acids is 8. The van der Waals surface area contributed by atoms with E-state index in [1.54, 1.807) is 13.8 Å². The summed E-state index contributed by atoms with van der Waals surface area (Å²) < 4.78 is 0. The SMILES string of the molecule is CC(=O)C[C@H](CC(=O)[C@@H](C)CC(C)=O)C(=O)NCCCCCCCCCCCCCC(=O)[C@H](CC(C)=O)NC(=O)[C@@H](C)CC(C)=O. The van der Waals surface area contributed by atoms with E-state index in [0.717, 1.165) is 64.2 Å². The van der Waals surface area contributed by atoms with Crippen molar-refractivity contribution in [3.05, 3.63) is 0 Å². The van der Waals surface area contributed by atoms with Gasteiger partial charge < -0.3 is 25.0 Å². The van der Waals surface area contributed by atoms with Crippen LogP contribution in [0.1, 0.15) is 151 Å². The number of nitrogens with one attached hydrogen (secondary N) is 2. The third-order valence-corrected chi connectivity index (χ3v) is 8.13. The standard InChI is InChI=1S/C36H60N2O8/c1-25(20-27(3)39)34(44)24-31(22-29(5)41)36(46)37-19-17-15-13-11-9-7-8-10-12-14-16-18-33(43)32(23-30(6)42)38-35(45)26(2)21-28(4)40/h25-26,31-32H,7-24H2,1-6H3,(H,37,46)(H,38,45)/t25-,26-,31+,32-/m0/s1. The predicted octanol–water partition coefficient (Wildman–Crippen LogP) is 5.60.